The first-order valence-corrected chi connectivity index (χ1v) is 6.77. The molecule has 0 aliphatic heterocycles. The van der Waals surface area contributed by atoms with Gasteiger partial charge in [0.1, 0.15) is 5.75 Å². The molecule has 0 spiro atoms. The Kier molecular flexibility index (Phi) is 5.45. The van der Waals surface area contributed by atoms with Crippen LogP contribution in [0, 0.1) is 0 Å². The van der Waals surface area contributed by atoms with Crippen LogP contribution >= 0.6 is 0 Å². The Hall–Kier alpha value is -1.80. The van der Waals surface area contributed by atoms with Gasteiger partial charge in [-0.1, -0.05) is 48.5 Å². The van der Waals surface area contributed by atoms with Gasteiger partial charge >= 0.3 is 0 Å². The fourth-order valence-corrected chi connectivity index (χ4v) is 1.99. The Labute approximate surface area is 114 Å². The van der Waals surface area contributed by atoms with Gasteiger partial charge in [0.25, 0.3) is 0 Å². The lowest BCUT2D eigenvalue weighted by atomic mass is 10.0. The summed E-state index contributed by atoms with van der Waals surface area (Å²) in [4.78, 5) is 0. The third-order valence-electron chi connectivity index (χ3n) is 3.07. The summed E-state index contributed by atoms with van der Waals surface area (Å²) in [6.07, 6.45) is 2.34. The second-order valence-corrected chi connectivity index (χ2v) is 4.58. The van der Waals surface area contributed by atoms with Gasteiger partial charge < -0.3 is 9.84 Å². The highest BCUT2D eigenvalue weighted by atomic mass is 16.5. The van der Waals surface area contributed by atoms with E-state index in [0.29, 0.717) is 6.61 Å². The van der Waals surface area contributed by atoms with Crippen LogP contribution in [0.2, 0.25) is 0 Å². The van der Waals surface area contributed by atoms with Gasteiger partial charge in [-0.15, -0.1) is 0 Å². The zero-order valence-corrected chi connectivity index (χ0v) is 11.0. The molecule has 2 aromatic rings. The summed E-state index contributed by atoms with van der Waals surface area (Å²) >= 11 is 0. The maximum Gasteiger partial charge on any atom is 0.119 e. The fraction of sp³-hybridized carbons (Fsp3) is 0.294. The molecule has 2 heteroatoms. The molecule has 1 N–H and O–H groups in total. The molecule has 0 saturated heterocycles. The molecule has 0 aromatic heterocycles. The number of aliphatic hydroxyl groups excluding tert-OH is 1. The van der Waals surface area contributed by atoms with E-state index in [9.17, 15) is 5.11 Å². The van der Waals surface area contributed by atoms with Crippen molar-refractivity contribution in [1.29, 1.82) is 0 Å². The minimum Gasteiger partial charge on any atom is -0.494 e. The summed E-state index contributed by atoms with van der Waals surface area (Å²) in [6, 6.07) is 19.6. The quantitative estimate of drug-likeness (QED) is 0.759. The van der Waals surface area contributed by atoms with Crippen molar-refractivity contribution in [1.82, 2.24) is 0 Å². The molecule has 100 valence electrons. The Morgan fingerprint density at radius 1 is 0.842 bits per heavy atom. The molecule has 2 nitrogen and oxygen atoms in total. The van der Waals surface area contributed by atoms with E-state index in [-0.39, 0.29) is 6.10 Å². The van der Waals surface area contributed by atoms with Crippen LogP contribution in [-0.4, -0.2) is 11.7 Å². The molecular formula is C17H20O2. The molecule has 1 atom stereocenters. The van der Waals surface area contributed by atoms with Crippen LogP contribution in [0.3, 0.4) is 0 Å². The first-order chi connectivity index (χ1) is 9.36. The molecule has 0 aliphatic rings. The molecule has 0 heterocycles. The summed E-state index contributed by atoms with van der Waals surface area (Å²) in [5.74, 6) is 0.908. The van der Waals surface area contributed by atoms with Crippen molar-refractivity contribution >= 4 is 0 Å². The van der Waals surface area contributed by atoms with Crippen molar-refractivity contribution in [3.05, 3.63) is 66.2 Å². The van der Waals surface area contributed by atoms with Crippen LogP contribution in [0.15, 0.2) is 60.7 Å². The smallest absolute Gasteiger partial charge is 0.119 e. The minimum absolute atomic E-state index is 0.363. The highest BCUT2D eigenvalue weighted by molar-refractivity contribution is 5.20. The molecule has 0 radical (unpaired) electrons. The van der Waals surface area contributed by atoms with Crippen LogP contribution in [0.25, 0.3) is 0 Å². The average molecular weight is 256 g/mol. The largest absolute Gasteiger partial charge is 0.494 e. The number of para-hydroxylation sites is 1. The van der Waals surface area contributed by atoms with E-state index >= 15 is 0 Å². The minimum atomic E-state index is -0.363. The van der Waals surface area contributed by atoms with E-state index in [0.717, 1.165) is 30.6 Å². The van der Waals surface area contributed by atoms with E-state index in [2.05, 4.69) is 0 Å². The van der Waals surface area contributed by atoms with Gasteiger partial charge in [0.05, 0.1) is 12.7 Å². The van der Waals surface area contributed by atoms with Crippen LogP contribution in [0.4, 0.5) is 0 Å². The second kappa shape index (κ2) is 7.59. The van der Waals surface area contributed by atoms with Crippen molar-refractivity contribution in [2.45, 2.75) is 25.4 Å². The van der Waals surface area contributed by atoms with E-state index in [1.54, 1.807) is 0 Å². The van der Waals surface area contributed by atoms with Crippen molar-refractivity contribution in [3.63, 3.8) is 0 Å². The lowest BCUT2D eigenvalue weighted by Gasteiger charge is -2.11. The first-order valence-electron chi connectivity index (χ1n) is 6.77. The van der Waals surface area contributed by atoms with Gasteiger partial charge in [-0.2, -0.15) is 0 Å². The predicted octanol–water partition coefficient (Wildman–Crippen LogP) is 3.97. The van der Waals surface area contributed by atoms with Gasteiger partial charge in [-0.05, 0) is 37.0 Å². The molecular weight excluding hydrogens is 236 g/mol. The molecule has 19 heavy (non-hydrogen) atoms. The average Bonchev–Trinajstić information content (AvgIpc) is 2.49. The van der Waals surface area contributed by atoms with Crippen molar-refractivity contribution in [3.8, 4) is 5.75 Å². The predicted molar refractivity (Wildman–Crippen MR) is 77.2 cm³/mol. The van der Waals surface area contributed by atoms with Crippen LogP contribution in [0.1, 0.15) is 30.9 Å². The number of hydrogen-bond donors (Lipinski definition) is 1. The van der Waals surface area contributed by atoms with Gasteiger partial charge in [0.2, 0.25) is 0 Å². The second-order valence-electron chi connectivity index (χ2n) is 4.58. The number of hydrogen-bond acceptors (Lipinski definition) is 2. The molecule has 2 aromatic carbocycles. The van der Waals surface area contributed by atoms with E-state index < -0.39 is 0 Å². The van der Waals surface area contributed by atoms with Gasteiger partial charge in [-0.3, -0.25) is 0 Å². The maximum absolute atomic E-state index is 10.00. The number of benzene rings is 2. The van der Waals surface area contributed by atoms with E-state index in [4.69, 9.17) is 4.74 Å². The zero-order valence-electron chi connectivity index (χ0n) is 11.0. The normalized spacial score (nSPS) is 12.1. The number of aliphatic hydroxyl groups is 1. The molecule has 1 unspecified atom stereocenters. The summed E-state index contributed by atoms with van der Waals surface area (Å²) < 4.78 is 5.61. The van der Waals surface area contributed by atoms with Gasteiger partial charge in [0.15, 0.2) is 0 Å². The molecule has 0 bridgehead atoms. The molecule has 0 aliphatic carbocycles. The van der Waals surface area contributed by atoms with E-state index in [1.165, 1.54) is 0 Å². The van der Waals surface area contributed by atoms with Crippen molar-refractivity contribution in [2.24, 2.45) is 0 Å². The molecule has 0 fully saturated rings. The SMILES string of the molecule is OC(CCCCOc1ccccc1)c1ccccc1. The fourth-order valence-electron chi connectivity index (χ4n) is 1.99. The Morgan fingerprint density at radius 3 is 2.16 bits per heavy atom. The number of unbranched alkanes of at least 4 members (excludes halogenated alkanes) is 1. The summed E-state index contributed by atoms with van der Waals surface area (Å²) in [5.41, 5.74) is 0.992. The third kappa shape index (κ3) is 4.76. The Bertz CT molecular complexity index is 453. The number of rotatable bonds is 7. The van der Waals surface area contributed by atoms with Crippen LogP contribution in [0.5, 0.6) is 5.75 Å². The lowest BCUT2D eigenvalue weighted by molar-refractivity contribution is 0.160. The standard InChI is InChI=1S/C17H20O2/c18-17(15-9-3-1-4-10-15)13-7-8-14-19-16-11-5-2-6-12-16/h1-6,9-12,17-18H,7-8,13-14H2. The molecule has 2 rings (SSSR count). The zero-order chi connectivity index (χ0) is 13.3. The van der Waals surface area contributed by atoms with Crippen molar-refractivity contribution in [2.75, 3.05) is 6.61 Å². The first kappa shape index (κ1) is 13.6. The highest BCUT2D eigenvalue weighted by Gasteiger charge is 2.05. The lowest BCUT2D eigenvalue weighted by Crippen LogP contribution is -2.00. The number of ether oxygens (including phenoxy) is 1. The van der Waals surface area contributed by atoms with Gasteiger partial charge in [0, 0.05) is 0 Å². The summed E-state index contributed by atoms with van der Waals surface area (Å²) in [5, 5.41) is 10.00. The molecule has 0 amide bonds. The molecule has 0 saturated carbocycles. The third-order valence-corrected chi connectivity index (χ3v) is 3.07. The Balaban J connectivity index is 1.62. The van der Waals surface area contributed by atoms with E-state index in [1.807, 2.05) is 60.7 Å². The maximum atomic E-state index is 10.00. The summed E-state index contributed by atoms with van der Waals surface area (Å²) in [7, 11) is 0. The van der Waals surface area contributed by atoms with Crippen molar-refractivity contribution < 1.29 is 9.84 Å². The van der Waals surface area contributed by atoms with Crippen LogP contribution < -0.4 is 4.74 Å². The highest BCUT2D eigenvalue weighted by Crippen LogP contribution is 2.18. The van der Waals surface area contributed by atoms with Gasteiger partial charge in [-0.25, -0.2) is 0 Å². The Morgan fingerprint density at radius 2 is 1.47 bits per heavy atom. The van der Waals surface area contributed by atoms with Crippen LogP contribution in [-0.2, 0) is 0 Å². The summed E-state index contributed by atoms with van der Waals surface area (Å²) in [6.45, 7) is 0.700. The monoisotopic (exact) mass is 256 g/mol. The topological polar surface area (TPSA) is 29.5 Å².